The molecule has 3 N–H and O–H groups in total. The van der Waals surface area contributed by atoms with Gasteiger partial charge in [0, 0.05) is 5.69 Å². The largest absolute Gasteiger partial charge is 0.388 e. The van der Waals surface area contributed by atoms with Gasteiger partial charge >= 0.3 is 0 Å². The Bertz CT molecular complexity index is 583. The second-order valence-corrected chi connectivity index (χ2v) is 4.18. The summed E-state index contributed by atoms with van der Waals surface area (Å²) in [6.07, 6.45) is 3.01. The predicted molar refractivity (Wildman–Crippen MR) is 72.3 cm³/mol. The molecule has 18 heavy (non-hydrogen) atoms. The first-order chi connectivity index (χ1) is 8.56. The number of rotatable bonds is 3. The molecule has 1 aromatic heterocycles. The Kier molecular flexibility index (Phi) is 3.47. The minimum Gasteiger partial charge on any atom is -0.388 e. The minimum atomic E-state index is -0.240. The molecule has 0 bridgehead atoms. The average Bonchev–Trinajstić information content (AvgIpc) is 2.34. The summed E-state index contributed by atoms with van der Waals surface area (Å²) in [6, 6.07) is 4.72. The second kappa shape index (κ2) is 5.05. The molecular formula is C12H11FN4S. The van der Waals surface area contributed by atoms with Gasteiger partial charge in [0.15, 0.2) is 0 Å². The van der Waals surface area contributed by atoms with Crippen molar-refractivity contribution in [1.82, 2.24) is 9.97 Å². The highest BCUT2D eigenvalue weighted by Gasteiger charge is 2.02. The van der Waals surface area contributed by atoms with Crippen molar-refractivity contribution in [1.29, 1.82) is 0 Å². The highest BCUT2D eigenvalue weighted by atomic mass is 32.1. The van der Waals surface area contributed by atoms with Crippen LogP contribution in [-0.4, -0.2) is 15.0 Å². The van der Waals surface area contributed by atoms with E-state index >= 15 is 0 Å². The van der Waals surface area contributed by atoms with Crippen molar-refractivity contribution < 1.29 is 4.39 Å². The smallest absolute Gasteiger partial charge is 0.148 e. The van der Waals surface area contributed by atoms with Crippen LogP contribution >= 0.6 is 12.2 Å². The number of benzene rings is 1. The van der Waals surface area contributed by atoms with Crippen LogP contribution in [0.2, 0.25) is 0 Å². The predicted octanol–water partition coefficient (Wildman–Crippen LogP) is 2.30. The lowest BCUT2D eigenvalue weighted by molar-refractivity contribution is 0.619. The summed E-state index contributed by atoms with van der Waals surface area (Å²) in [7, 11) is 0. The summed E-state index contributed by atoms with van der Waals surface area (Å²) < 4.78 is 13.1. The fraction of sp³-hybridized carbons (Fsp3) is 0.0833. The van der Waals surface area contributed by atoms with Crippen molar-refractivity contribution in [3.8, 4) is 0 Å². The first-order valence-electron chi connectivity index (χ1n) is 5.21. The van der Waals surface area contributed by atoms with Gasteiger partial charge < -0.3 is 11.1 Å². The maximum atomic E-state index is 13.1. The van der Waals surface area contributed by atoms with Gasteiger partial charge in [-0.05, 0) is 30.7 Å². The fourth-order valence-electron chi connectivity index (χ4n) is 1.39. The van der Waals surface area contributed by atoms with Crippen LogP contribution in [0.25, 0.3) is 0 Å². The lowest BCUT2D eigenvalue weighted by atomic mass is 10.2. The van der Waals surface area contributed by atoms with Gasteiger partial charge in [-0.2, -0.15) is 0 Å². The third-order valence-corrected chi connectivity index (χ3v) is 2.54. The number of nitrogens with one attached hydrogen (secondary N) is 1. The summed E-state index contributed by atoms with van der Waals surface area (Å²) in [5.41, 5.74) is 7.19. The Morgan fingerprint density at radius 3 is 2.67 bits per heavy atom. The van der Waals surface area contributed by atoms with E-state index in [1.54, 1.807) is 19.1 Å². The number of nitrogens with two attached hydrogens (primary N) is 1. The average molecular weight is 262 g/mol. The van der Waals surface area contributed by atoms with Crippen LogP contribution in [0.3, 0.4) is 0 Å². The molecule has 4 nitrogen and oxygen atoms in total. The SMILES string of the molecule is Cc1cc(Nc2cnc(C(N)=S)cn2)ccc1F. The van der Waals surface area contributed by atoms with Gasteiger partial charge in [0.05, 0.1) is 12.4 Å². The molecule has 0 amide bonds. The van der Waals surface area contributed by atoms with Crippen LogP contribution in [0.15, 0.2) is 30.6 Å². The summed E-state index contributed by atoms with van der Waals surface area (Å²) in [5.74, 6) is 0.302. The van der Waals surface area contributed by atoms with Crippen molar-refractivity contribution in [2.24, 2.45) is 5.73 Å². The summed E-state index contributed by atoms with van der Waals surface area (Å²) in [5, 5.41) is 3.01. The quantitative estimate of drug-likeness (QED) is 0.831. The van der Waals surface area contributed by atoms with Crippen LogP contribution in [-0.2, 0) is 0 Å². The first kappa shape index (κ1) is 12.4. The van der Waals surface area contributed by atoms with Gasteiger partial charge in [-0.3, -0.25) is 0 Å². The van der Waals surface area contributed by atoms with E-state index in [0.717, 1.165) is 5.69 Å². The third kappa shape index (κ3) is 2.78. The van der Waals surface area contributed by atoms with Crippen LogP contribution < -0.4 is 11.1 Å². The topological polar surface area (TPSA) is 63.8 Å². The molecule has 0 saturated heterocycles. The molecule has 0 atom stereocenters. The Labute approximate surface area is 109 Å². The molecule has 1 aromatic carbocycles. The lowest BCUT2D eigenvalue weighted by Gasteiger charge is -2.06. The maximum Gasteiger partial charge on any atom is 0.148 e. The Balaban J connectivity index is 2.18. The maximum absolute atomic E-state index is 13.1. The zero-order chi connectivity index (χ0) is 13.1. The normalized spacial score (nSPS) is 10.1. The number of aromatic nitrogens is 2. The van der Waals surface area contributed by atoms with Gasteiger partial charge in [-0.25, -0.2) is 14.4 Å². The molecule has 1 heterocycles. The molecule has 6 heteroatoms. The van der Waals surface area contributed by atoms with Gasteiger partial charge in [-0.15, -0.1) is 0 Å². The number of aryl methyl sites for hydroxylation is 1. The molecule has 2 rings (SSSR count). The van der Waals surface area contributed by atoms with Crippen molar-refractivity contribution >= 4 is 28.7 Å². The molecule has 0 unspecified atom stereocenters. The first-order valence-corrected chi connectivity index (χ1v) is 5.62. The molecular weight excluding hydrogens is 251 g/mol. The molecule has 0 aliphatic heterocycles. The van der Waals surface area contributed by atoms with Gasteiger partial charge in [0.2, 0.25) is 0 Å². The Morgan fingerprint density at radius 1 is 1.33 bits per heavy atom. The molecule has 2 aromatic rings. The number of hydrogen-bond acceptors (Lipinski definition) is 4. The third-order valence-electron chi connectivity index (χ3n) is 2.33. The van der Waals surface area contributed by atoms with E-state index in [4.69, 9.17) is 18.0 Å². The fourth-order valence-corrected chi connectivity index (χ4v) is 1.50. The molecule has 0 fully saturated rings. The molecule has 92 valence electrons. The monoisotopic (exact) mass is 262 g/mol. The Morgan fingerprint density at radius 2 is 2.11 bits per heavy atom. The van der Waals surface area contributed by atoms with Gasteiger partial charge in [0.25, 0.3) is 0 Å². The molecule has 0 aliphatic rings. The van der Waals surface area contributed by atoms with Gasteiger partial charge in [-0.1, -0.05) is 12.2 Å². The van der Waals surface area contributed by atoms with Crippen molar-refractivity contribution in [2.75, 3.05) is 5.32 Å². The number of halogens is 1. The zero-order valence-electron chi connectivity index (χ0n) is 9.64. The van der Waals surface area contributed by atoms with E-state index in [0.29, 0.717) is 17.1 Å². The minimum absolute atomic E-state index is 0.201. The highest BCUT2D eigenvalue weighted by molar-refractivity contribution is 7.80. The van der Waals surface area contributed by atoms with Crippen LogP contribution in [0.1, 0.15) is 11.3 Å². The van der Waals surface area contributed by atoms with Crippen molar-refractivity contribution in [3.63, 3.8) is 0 Å². The molecule has 0 aliphatic carbocycles. The molecule has 0 radical (unpaired) electrons. The van der Waals surface area contributed by atoms with Crippen molar-refractivity contribution in [2.45, 2.75) is 6.92 Å². The molecule has 0 saturated carbocycles. The lowest BCUT2D eigenvalue weighted by Crippen LogP contribution is -2.12. The van der Waals surface area contributed by atoms with Crippen molar-refractivity contribution in [3.05, 3.63) is 47.7 Å². The Hall–Kier alpha value is -2.08. The number of hydrogen-bond donors (Lipinski definition) is 2. The zero-order valence-corrected chi connectivity index (χ0v) is 10.5. The van der Waals surface area contributed by atoms with Crippen LogP contribution in [0, 0.1) is 12.7 Å². The number of thiocarbonyl (C=S) groups is 1. The van der Waals surface area contributed by atoms with Crippen LogP contribution in [0.5, 0.6) is 0 Å². The summed E-state index contributed by atoms with van der Waals surface area (Å²) in [6.45, 7) is 1.70. The van der Waals surface area contributed by atoms with E-state index in [2.05, 4.69) is 15.3 Å². The van der Waals surface area contributed by atoms with E-state index in [1.165, 1.54) is 18.5 Å². The van der Waals surface area contributed by atoms with E-state index in [-0.39, 0.29) is 10.8 Å². The van der Waals surface area contributed by atoms with Gasteiger partial charge in [0.1, 0.15) is 22.3 Å². The van der Waals surface area contributed by atoms with E-state index < -0.39 is 0 Å². The highest BCUT2D eigenvalue weighted by Crippen LogP contribution is 2.17. The standard InChI is InChI=1S/C12H11FN4S/c1-7-4-8(2-3-9(7)13)17-11-6-15-10(5-16-11)12(14)18/h2-6H,1H3,(H2,14,18)(H,16,17). The van der Waals surface area contributed by atoms with E-state index in [1.807, 2.05) is 0 Å². The van der Waals surface area contributed by atoms with E-state index in [9.17, 15) is 4.39 Å². The van der Waals surface area contributed by atoms with Crippen LogP contribution in [0.4, 0.5) is 15.9 Å². The summed E-state index contributed by atoms with van der Waals surface area (Å²) >= 11 is 4.78. The summed E-state index contributed by atoms with van der Waals surface area (Å²) in [4.78, 5) is 8.36. The number of nitrogens with zero attached hydrogens (tertiary/aromatic N) is 2. The second-order valence-electron chi connectivity index (χ2n) is 3.74. The molecule has 0 spiro atoms. The number of anilines is 2.